The fraction of sp³-hybridized carbons (Fsp3) is 0.0755. The number of hydrogen-bond donors (Lipinski definition) is 0. The monoisotopic (exact) mass is 700 g/mol. The molecule has 0 unspecified atom stereocenters. The molecule has 0 radical (unpaired) electrons. The first-order valence-electron chi connectivity index (χ1n) is 19.5. The predicted octanol–water partition coefficient (Wildman–Crippen LogP) is 13.6. The topological polar surface area (TPSA) is 17.8 Å². The summed E-state index contributed by atoms with van der Waals surface area (Å²) in [6.45, 7) is 3.16. The summed E-state index contributed by atoms with van der Waals surface area (Å²) in [5, 5.41) is 7.79. The van der Waals surface area contributed by atoms with Gasteiger partial charge in [0.2, 0.25) is 0 Å². The van der Waals surface area contributed by atoms with E-state index in [1.807, 2.05) is 0 Å². The molecular weight excluding hydrogens is 665 g/mol. The number of para-hydroxylation sites is 2. The van der Waals surface area contributed by atoms with Crippen molar-refractivity contribution in [3.8, 4) is 44.8 Å². The smallest absolute Gasteiger partial charge is 0.141 e. The summed E-state index contributed by atoms with van der Waals surface area (Å²) in [5.41, 5.74) is 16.1. The molecule has 0 saturated carbocycles. The molecule has 2 heteroatoms. The van der Waals surface area contributed by atoms with Gasteiger partial charge in [-0.15, -0.1) is 0 Å². The molecule has 0 fully saturated rings. The third kappa shape index (κ3) is 3.96. The van der Waals surface area contributed by atoms with Crippen molar-refractivity contribution in [1.29, 1.82) is 0 Å². The summed E-state index contributed by atoms with van der Waals surface area (Å²) in [4.78, 5) is 5.21. The molecule has 0 bridgehead atoms. The molecule has 0 N–H and O–H groups in total. The van der Waals surface area contributed by atoms with Gasteiger partial charge in [0.25, 0.3) is 0 Å². The van der Waals surface area contributed by atoms with Gasteiger partial charge in [-0.1, -0.05) is 159 Å². The Bertz CT molecular complexity index is 3190. The molecule has 0 saturated heterocycles. The van der Waals surface area contributed by atoms with Gasteiger partial charge < -0.3 is 4.57 Å². The maximum absolute atomic E-state index is 5.21. The van der Waals surface area contributed by atoms with Crippen LogP contribution in [0.3, 0.4) is 0 Å². The molecule has 1 spiro atoms. The normalized spacial score (nSPS) is 13.5. The number of nitrogens with zero attached hydrogens (tertiary/aromatic N) is 2. The van der Waals surface area contributed by atoms with Crippen LogP contribution in [-0.4, -0.2) is 9.55 Å². The molecule has 0 atom stereocenters. The van der Waals surface area contributed by atoms with E-state index in [1.165, 1.54) is 93.5 Å². The number of benzene rings is 9. The zero-order valence-electron chi connectivity index (χ0n) is 30.6. The Hall–Kier alpha value is -6.77. The van der Waals surface area contributed by atoms with E-state index in [9.17, 15) is 0 Å². The molecule has 0 amide bonds. The molecular formula is C53H36N2. The van der Waals surface area contributed by atoms with Crippen LogP contribution in [-0.2, 0) is 12.0 Å². The second-order valence-electron chi connectivity index (χ2n) is 15.2. The number of imidazole rings is 1. The van der Waals surface area contributed by atoms with Crippen molar-refractivity contribution in [1.82, 2.24) is 9.55 Å². The highest BCUT2D eigenvalue weighted by Gasteiger charge is 2.53. The molecule has 9 aromatic carbocycles. The van der Waals surface area contributed by atoms with E-state index in [0.717, 1.165) is 29.9 Å². The molecule has 1 heterocycles. The van der Waals surface area contributed by atoms with E-state index in [1.54, 1.807) is 0 Å². The Kier molecular flexibility index (Phi) is 6.34. The van der Waals surface area contributed by atoms with Gasteiger partial charge in [0.1, 0.15) is 5.82 Å². The summed E-state index contributed by atoms with van der Waals surface area (Å²) in [6.07, 6.45) is 1.04. The lowest BCUT2D eigenvalue weighted by Gasteiger charge is -2.32. The Labute approximate surface area is 320 Å². The Morgan fingerprint density at radius 2 is 1.02 bits per heavy atom. The van der Waals surface area contributed by atoms with Gasteiger partial charge in [0.05, 0.1) is 16.4 Å². The predicted molar refractivity (Wildman–Crippen MR) is 230 cm³/mol. The van der Waals surface area contributed by atoms with Crippen LogP contribution in [0.15, 0.2) is 176 Å². The lowest BCUT2D eigenvalue weighted by atomic mass is 9.68. The van der Waals surface area contributed by atoms with Crippen molar-refractivity contribution in [2.75, 3.05) is 0 Å². The van der Waals surface area contributed by atoms with E-state index >= 15 is 0 Å². The largest absolute Gasteiger partial charge is 0.324 e. The van der Waals surface area contributed by atoms with Crippen molar-refractivity contribution >= 4 is 43.4 Å². The molecule has 0 aliphatic heterocycles. The van der Waals surface area contributed by atoms with Crippen LogP contribution in [0.1, 0.15) is 35.6 Å². The van der Waals surface area contributed by atoms with Gasteiger partial charge >= 0.3 is 0 Å². The van der Waals surface area contributed by atoms with Crippen LogP contribution in [0.25, 0.3) is 88.1 Å². The quantitative estimate of drug-likeness (QED) is 0.167. The summed E-state index contributed by atoms with van der Waals surface area (Å²) in [7, 11) is 0. The van der Waals surface area contributed by atoms with Gasteiger partial charge in [-0.05, 0) is 119 Å². The van der Waals surface area contributed by atoms with E-state index in [0.29, 0.717) is 0 Å². The molecule has 12 rings (SSSR count). The maximum atomic E-state index is 5.21. The standard InChI is InChI=1S/C53H36N2/c1-2-30-55-48-29-14-13-28-47(48)54-52(55)34-17-15-16-33(31-34)43-32-46-49(40-23-6-4-20-37(40)43)50-41-24-7-3-18-35(41)36-19-5-8-25-42(36)51(50)53(46)44-26-11-9-21-38(44)39-22-10-12-27-45(39)53/h3-29,31-32H,2,30H2,1H3. The van der Waals surface area contributed by atoms with Crippen LogP contribution in [0.5, 0.6) is 0 Å². The van der Waals surface area contributed by atoms with Crippen molar-refractivity contribution in [2.24, 2.45) is 0 Å². The molecule has 2 aliphatic rings. The average Bonchev–Trinajstić information content (AvgIpc) is 3.88. The SMILES string of the molecule is CCCn1c(-c2cccc(-c3cc4c(c5ccccc35)-c3c(c5ccccc5c5ccccc35)C43c4ccccc4-c4ccccc43)c2)nc2ccccc21. The zero-order chi connectivity index (χ0) is 36.3. The first kappa shape index (κ1) is 30.7. The molecule has 10 aromatic rings. The van der Waals surface area contributed by atoms with Crippen LogP contribution < -0.4 is 0 Å². The van der Waals surface area contributed by atoms with E-state index in [2.05, 4.69) is 187 Å². The fourth-order valence-electron chi connectivity index (χ4n) is 10.5. The van der Waals surface area contributed by atoms with Crippen molar-refractivity contribution in [3.63, 3.8) is 0 Å². The van der Waals surface area contributed by atoms with Crippen LogP contribution >= 0.6 is 0 Å². The van der Waals surface area contributed by atoms with E-state index in [4.69, 9.17) is 4.98 Å². The molecule has 2 nitrogen and oxygen atoms in total. The maximum Gasteiger partial charge on any atom is 0.141 e. The fourth-order valence-corrected chi connectivity index (χ4v) is 10.5. The van der Waals surface area contributed by atoms with Gasteiger partial charge in [0.15, 0.2) is 0 Å². The summed E-state index contributed by atoms with van der Waals surface area (Å²) >= 11 is 0. The summed E-state index contributed by atoms with van der Waals surface area (Å²) < 4.78 is 2.39. The Morgan fingerprint density at radius 1 is 0.455 bits per heavy atom. The number of aromatic nitrogens is 2. The lowest BCUT2D eigenvalue weighted by molar-refractivity contribution is 0.704. The number of fused-ring (bicyclic) bond motifs is 18. The second kappa shape index (κ2) is 11.4. The highest BCUT2D eigenvalue weighted by atomic mass is 15.1. The van der Waals surface area contributed by atoms with Gasteiger partial charge in [-0.25, -0.2) is 4.98 Å². The van der Waals surface area contributed by atoms with E-state index < -0.39 is 5.41 Å². The average molecular weight is 701 g/mol. The number of hydrogen-bond acceptors (Lipinski definition) is 1. The molecule has 258 valence electrons. The molecule has 1 aromatic heterocycles. The Balaban J connectivity index is 1.24. The van der Waals surface area contributed by atoms with Crippen molar-refractivity contribution in [3.05, 3.63) is 198 Å². The Morgan fingerprint density at radius 3 is 1.75 bits per heavy atom. The van der Waals surface area contributed by atoms with Gasteiger partial charge in [-0.3, -0.25) is 0 Å². The van der Waals surface area contributed by atoms with Gasteiger partial charge in [-0.2, -0.15) is 0 Å². The first-order valence-corrected chi connectivity index (χ1v) is 19.5. The van der Waals surface area contributed by atoms with Crippen LogP contribution in [0, 0.1) is 0 Å². The van der Waals surface area contributed by atoms with Gasteiger partial charge in [0, 0.05) is 12.1 Å². The highest BCUT2D eigenvalue weighted by Crippen LogP contribution is 2.67. The highest BCUT2D eigenvalue weighted by molar-refractivity contribution is 6.24. The van der Waals surface area contributed by atoms with Crippen LogP contribution in [0.2, 0.25) is 0 Å². The minimum absolute atomic E-state index is 0.507. The minimum Gasteiger partial charge on any atom is -0.324 e. The van der Waals surface area contributed by atoms with Crippen molar-refractivity contribution in [2.45, 2.75) is 25.3 Å². The third-order valence-electron chi connectivity index (χ3n) is 12.5. The van der Waals surface area contributed by atoms with Crippen molar-refractivity contribution < 1.29 is 0 Å². The number of rotatable bonds is 4. The minimum atomic E-state index is -0.507. The van der Waals surface area contributed by atoms with E-state index in [-0.39, 0.29) is 0 Å². The molecule has 55 heavy (non-hydrogen) atoms. The number of aryl methyl sites for hydroxylation is 1. The third-order valence-corrected chi connectivity index (χ3v) is 12.5. The second-order valence-corrected chi connectivity index (χ2v) is 15.2. The lowest BCUT2D eigenvalue weighted by Crippen LogP contribution is -2.26. The van der Waals surface area contributed by atoms with Crippen LogP contribution in [0.4, 0.5) is 0 Å². The zero-order valence-corrected chi connectivity index (χ0v) is 30.6. The summed E-state index contributed by atoms with van der Waals surface area (Å²) in [5.74, 6) is 1.02. The summed E-state index contributed by atoms with van der Waals surface area (Å²) in [6, 6.07) is 65.8. The molecule has 2 aliphatic carbocycles. The first-order chi connectivity index (χ1) is 27.3.